The zero-order valence-corrected chi connectivity index (χ0v) is 9.07. The summed E-state index contributed by atoms with van der Waals surface area (Å²) in [4.78, 5) is 0. The molecule has 0 heterocycles. The van der Waals surface area contributed by atoms with Crippen LogP contribution in [0.15, 0.2) is 11.3 Å². The van der Waals surface area contributed by atoms with Gasteiger partial charge in [0.05, 0.1) is 0 Å². The Balaban J connectivity index is 2.93. The Morgan fingerprint density at radius 2 is 1.93 bits per heavy atom. The van der Waals surface area contributed by atoms with Gasteiger partial charge in [-0.2, -0.15) is 21.6 Å². The molecule has 0 saturated heterocycles. The van der Waals surface area contributed by atoms with E-state index in [1.54, 1.807) is 13.8 Å². The lowest BCUT2D eigenvalue weighted by Crippen LogP contribution is -2.26. The van der Waals surface area contributed by atoms with Crippen LogP contribution in [-0.2, 0) is 14.3 Å². The SMILES string of the molecule is CC1=C(OS(=O)(=O)C(F)(F)F)C(C)CC1. The van der Waals surface area contributed by atoms with Crippen LogP contribution in [0.5, 0.6) is 0 Å². The summed E-state index contributed by atoms with van der Waals surface area (Å²) >= 11 is 0. The van der Waals surface area contributed by atoms with Crippen molar-refractivity contribution in [3.8, 4) is 0 Å². The van der Waals surface area contributed by atoms with Crippen LogP contribution in [0.4, 0.5) is 13.2 Å². The van der Waals surface area contributed by atoms with Crippen molar-refractivity contribution < 1.29 is 25.8 Å². The van der Waals surface area contributed by atoms with Gasteiger partial charge < -0.3 is 4.18 Å². The number of allylic oxidation sites excluding steroid dienone is 2. The predicted molar refractivity (Wildman–Crippen MR) is 47.2 cm³/mol. The first kappa shape index (κ1) is 12.4. The van der Waals surface area contributed by atoms with Crippen LogP contribution in [0, 0.1) is 5.92 Å². The van der Waals surface area contributed by atoms with Crippen molar-refractivity contribution in [3.05, 3.63) is 11.3 Å². The highest BCUT2D eigenvalue weighted by atomic mass is 32.2. The van der Waals surface area contributed by atoms with Crippen molar-refractivity contribution in [3.63, 3.8) is 0 Å². The number of rotatable bonds is 2. The first-order valence-corrected chi connectivity index (χ1v) is 5.76. The molecular weight excluding hydrogens is 233 g/mol. The van der Waals surface area contributed by atoms with Gasteiger partial charge in [-0.05, 0) is 25.3 Å². The number of hydrogen-bond donors (Lipinski definition) is 0. The molecule has 0 aromatic rings. The Labute approximate surface area is 86.0 Å². The quantitative estimate of drug-likeness (QED) is 0.554. The fraction of sp³-hybridized carbons (Fsp3) is 0.750. The average Bonchev–Trinajstić information content (AvgIpc) is 2.33. The second kappa shape index (κ2) is 3.70. The third-order valence-corrected chi connectivity index (χ3v) is 3.27. The molecule has 0 aromatic heterocycles. The number of alkyl halides is 3. The van der Waals surface area contributed by atoms with Crippen molar-refractivity contribution in [1.29, 1.82) is 0 Å². The lowest BCUT2D eigenvalue weighted by Gasteiger charge is -2.13. The molecule has 1 rings (SSSR count). The van der Waals surface area contributed by atoms with Crippen LogP contribution in [0.1, 0.15) is 26.7 Å². The minimum Gasteiger partial charge on any atom is -0.380 e. The lowest BCUT2D eigenvalue weighted by molar-refractivity contribution is -0.0526. The van der Waals surface area contributed by atoms with Crippen molar-refractivity contribution >= 4 is 10.1 Å². The average molecular weight is 244 g/mol. The molecule has 1 unspecified atom stereocenters. The van der Waals surface area contributed by atoms with E-state index in [1.807, 2.05) is 0 Å². The minimum atomic E-state index is -5.50. The Hall–Kier alpha value is -0.720. The molecule has 0 aliphatic heterocycles. The molecule has 0 amide bonds. The smallest absolute Gasteiger partial charge is 0.380 e. The molecule has 0 N–H and O–H groups in total. The molecule has 0 fully saturated rings. The normalized spacial score (nSPS) is 23.4. The maximum absolute atomic E-state index is 12.0. The van der Waals surface area contributed by atoms with E-state index in [-0.39, 0.29) is 11.7 Å². The van der Waals surface area contributed by atoms with Crippen molar-refractivity contribution in [1.82, 2.24) is 0 Å². The number of hydrogen-bond acceptors (Lipinski definition) is 3. The third kappa shape index (κ3) is 2.45. The fourth-order valence-electron chi connectivity index (χ4n) is 1.43. The van der Waals surface area contributed by atoms with Gasteiger partial charge in [-0.1, -0.05) is 6.92 Å². The van der Waals surface area contributed by atoms with E-state index in [1.165, 1.54) is 0 Å². The molecule has 3 nitrogen and oxygen atoms in total. The zero-order chi connectivity index (χ0) is 11.9. The van der Waals surface area contributed by atoms with E-state index in [4.69, 9.17) is 0 Å². The van der Waals surface area contributed by atoms with Crippen molar-refractivity contribution in [2.24, 2.45) is 5.92 Å². The molecule has 1 aliphatic carbocycles. The topological polar surface area (TPSA) is 43.4 Å². The zero-order valence-electron chi connectivity index (χ0n) is 8.26. The highest BCUT2D eigenvalue weighted by Crippen LogP contribution is 2.36. The lowest BCUT2D eigenvalue weighted by atomic mass is 10.1. The molecule has 0 spiro atoms. The van der Waals surface area contributed by atoms with Gasteiger partial charge in [0.1, 0.15) is 5.76 Å². The van der Waals surface area contributed by atoms with Gasteiger partial charge in [0.2, 0.25) is 0 Å². The highest BCUT2D eigenvalue weighted by Gasteiger charge is 2.49. The molecule has 1 atom stereocenters. The van der Waals surface area contributed by atoms with Gasteiger partial charge in [0.15, 0.2) is 0 Å². The molecule has 0 bridgehead atoms. The monoisotopic (exact) mass is 244 g/mol. The standard InChI is InChI=1S/C8H11F3O3S/c1-5-3-4-6(2)7(5)14-15(12,13)8(9,10)11/h5H,3-4H2,1-2H3. The molecule has 15 heavy (non-hydrogen) atoms. The fourth-order valence-corrected chi connectivity index (χ4v) is 2.06. The Bertz CT molecular complexity index is 380. The second-order valence-corrected chi connectivity index (χ2v) is 5.11. The Kier molecular flexibility index (Phi) is 3.04. The molecule has 7 heteroatoms. The largest absolute Gasteiger partial charge is 0.534 e. The van der Waals surface area contributed by atoms with Gasteiger partial charge in [-0.25, -0.2) is 0 Å². The summed E-state index contributed by atoms with van der Waals surface area (Å²) in [6.45, 7) is 3.21. The van der Waals surface area contributed by atoms with Gasteiger partial charge >= 0.3 is 15.6 Å². The molecular formula is C8H11F3O3S. The second-order valence-electron chi connectivity index (χ2n) is 3.57. The maximum atomic E-state index is 12.0. The van der Waals surface area contributed by atoms with Crippen molar-refractivity contribution in [2.45, 2.75) is 32.2 Å². The van der Waals surface area contributed by atoms with Gasteiger partial charge in [-0.3, -0.25) is 0 Å². The molecule has 88 valence electrons. The first-order valence-electron chi connectivity index (χ1n) is 4.35. The van der Waals surface area contributed by atoms with Crippen LogP contribution in [0.2, 0.25) is 0 Å². The summed E-state index contributed by atoms with van der Waals surface area (Å²) < 4.78 is 61.6. The van der Waals surface area contributed by atoms with E-state index in [2.05, 4.69) is 4.18 Å². The van der Waals surface area contributed by atoms with E-state index in [0.717, 1.165) is 0 Å². The molecule has 0 radical (unpaired) electrons. The van der Waals surface area contributed by atoms with E-state index < -0.39 is 15.6 Å². The van der Waals surface area contributed by atoms with Crippen molar-refractivity contribution in [2.75, 3.05) is 0 Å². The third-order valence-electron chi connectivity index (χ3n) is 2.30. The number of halogens is 3. The Morgan fingerprint density at radius 3 is 2.27 bits per heavy atom. The van der Waals surface area contributed by atoms with E-state index >= 15 is 0 Å². The van der Waals surface area contributed by atoms with Crippen LogP contribution < -0.4 is 0 Å². The van der Waals surface area contributed by atoms with Gasteiger partial charge in [0.25, 0.3) is 0 Å². The van der Waals surface area contributed by atoms with Crippen LogP contribution in [0.3, 0.4) is 0 Å². The summed E-state index contributed by atoms with van der Waals surface area (Å²) in [5.74, 6) is -0.338. The molecule has 1 aliphatic rings. The Morgan fingerprint density at radius 1 is 1.40 bits per heavy atom. The summed E-state index contributed by atoms with van der Waals surface area (Å²) in [5.41, 5.74) is -4.79. The summed E-state index contributed by atoms with van der Waals surface area (Å²) in [7, 11) is -5.50. The first-order chi connectivity index (χ1) is 6.65. The van der Waals surface area contributed by atoms with Crippen LogP contribution in [-0.4, -0.2) is 13.9 Å². The minimum absolute atomic E-state index is 0.0627. The van der Waals surface area contributed by atoms with E-state index in [9.17, 15) is 21.6 Å². The summed E-state index contributed by atoms with van der Waals surface area (Å²) in [6.07, 6.45) is 1.19. The highest BCUT2D eigenvalue weighted by molar-refractivity contribution is 7.87. The summed E-state index contributed by atoms with van der Waals surface area (Å²) in [5, 5.41) is 0. The maximum Gasteiger partial charge on any atom is 0.534 e. The van der Waals surface area contributed by atoms with Crippen LogP contribution in [0.25, 0.3) is 0 Å². The van der Waals surface area contributed by atoms with E-state index in [0.29, 0.717) is 18.4 Å². The van der Waals surface area contributed by atoms with Gasteiger partial charge in [0, 0.05) is 5.92 Å². The molecule has 0 saturated carbocycles. The predicted octanol–water partition coefficient (Wildman–Crippen LogP) is 2.56. The van der Waals surface area contributed by atoms with Gasteiger partial charge in [-0.15, -0.1) is 0 Å². The van der Waals surface area contributed by atoms with Crippen LogP contribution >= 0.6 is 0 Å². The summed E-state index contributed by atoms with van der Waals surface area (Å²) in [6, 6.07) is 0. The molecule has 0 aromatic carbocycles.